The van der Waals surface area contributed by atoms with E-state index in [2.05, 4.69) is 11.9 Å². The highest BCUT2D eigenvalue weighted by atomic mass is 16.3. The minimum Gasteiger partial charge on any atom is -0.388 e. The number of hydrogen-bond acceptors (Lipinski definition) is 2. The molecule has 1 rings (SSSR count). The van der Waals surface area contributed by atoms with Crippen LogP contribution in [0.3, 0.4) is 0 Å². The summed E-state index contributed by atoms with van der Waals surface area (Å²) in [5.74, 6) is 0. The van der Waals surface area contributed by atoms with Crippen LogP contribution in [0.25, 0.3) is 0 Å². The third-order valence-electron chi connectivity index (χ3n) is 3.42. The van der Waals surface area contributed by atoms with Gasteiger partial charge in [-0.15, -0.1) is 0 Å². The molecule has 0 aromatic carbocycles. The number of aliphatic hydroxyl groups is 1. The Morgan fingerprint density at radius 2 is 1.50 bits per heavy atom. The standard InChI is InChI=1S/C16H27NO/c1-2-3-4-5-6-7-8-9-10-16(18)15-11-13-17-14-12-15/h11-14,16,18H,2-10H2,1H3. The van der Waals surface area contributed by atoms with Gasteiger partial charge in [0.15, 0.2) is 0 Å². The average molecular weight is 249 g/mol. The van der Waals surface area contributed by atoms with Crippen LogP contribution >= 0.6 is 0 Å². The lowest BCUT2D eigenvalue weighted by atomic mass is 10.0. The van der Waals surface area contributed by atoms with Crippen LogP contribution in [-0.2, 0) is 0 Å². The van der Waals surface area contributed by atoms with E-state index in [9.17, 15) is 5.11 Å². The maximum Gasteiger partial charge on any atom is 0.0791 e. The molecule has 1 N–H and O–H groups in total. The molecule has 0 radical (unpaired) electrons. The molecule has 2 heteroatoms. The molecule has 2 nitrogen and oxygen atoms in total. The number of nitrogens with zero attached hydrogens (tertiary/aromatic N) is 1. The summed E-state index contributed by atoms with van der Waals surface area (Å²) in [5, 5.41) is 9.97. The van der Waals surface area contributed by atoms with Crippen molar-refractivity contribution in [2.75, 3.05) is 0 Å². The smallest absolute Gasteiger partial charge is 0.0791 e. The van der Waals surface area contributed by atoms with Gasteiger partial charge in [0.25, 0.3) is 0 Å². The SMILES string of the molecule is CCCCCCCCCCC(O)c1ccncc1. The fourth-order valence-corrected chi connectivity index (χ4v) is 2.22. The molecule has 1 atom stereocenters. The van der Waals surface area contributed by atoms with Gasteiger partial charge in [0.2, 0.25) is 0 Å². The minimum atomic E-state index is -0.312. The van der Waals surface area contributed by atoms with Gasteiger partial charge >= 0.3 is 0 Å². The number of pyridine rings is 1. The van der Waals surface area contributed by atoms with Crippen molar-refractivity contribution in [2.45, 2.75) is 70.8 Å². The zero-order chi connectivity index (χ0) is 13.1. The first kappa shape index (κ1) is 15.2. The van der Waals surface area contributed by atoms with Gasteiger partial charge in [-0.2, -0.15) is 0 Å². The summed E-state index contributed by atoms with van der Waals surface area (Å²) in [4.78, 5) is 3.96. The van der Waals surface area contributed by atoms with Gasteiger partial charge in [-0.25, -0.2) is 0 Å². The van der Waals surface area contributed by atoms with E-state index in [1.807, 2.05) is 12.1 Å². The Morgan fingerprint density at radius 1 is 0.944 bits per heavy atom. The van der Waals surface area contributed by atoms with Crippen molar-refractivity contribution in [1.29, 1.82) is 0 Å². The number of hydrogen-bond donors (Lipinski definition) is 1. The maximum absolute atomic E-state index is 9.97. The first-order chi connectivity index (χ1) is 8.84. The van der Waals surface area contributed by atoms with E-state index in [1.165, 1.54) is 44.9 Å². The molecule has 102 valence electrons. The van der Waals surface area contributed by atoms with Gasteiger partial charge in [-0.3, -0.25) is 4.98 Å². The molecule has 0 saturated carbocycles. The second kappa shape index (κ2) is 10.1. The molecule has 0 bridgehead atoms. The molecule has 0 aliphatic heterocycles. The van der Waals surface area contributed by atoms with Crippen molar-refractivity contribution < 1.29 is 5.11 Å². The third-order valence-corrected chi connectivity index (χ3v) is 3.42. The molecular formula is C16H27NO. The molecule has 0 aliphatic rings. The fourth-order valence-electron chi connectivity index (χ4n) is 2.22. The van der Waals surface area contributed by atoms with Crippen molar-refractivity contribution in [3.63, 3.8) is 0 Å². The van der Waals surface area contributed by atoms with Crippen LogP contribution < -0.4 is 0 Å². The zero-order valence-electron chi connectivity index (χ0n) is 11.6. The first-order valence-corrected chi connectivity index (χ1v) is 7.42. The number of unbranched alkanes of at least 4 members (excludes halogenated alkanes) is 7. The molecule has 0 amide bonds. The summed E-state index contributed by atoms with van der Waals surface area (Å²) in [6, 6.07) is 3.80. The van der Waals surface area contributed by atoms with Crippen molar-refractivity contribution in [1.82, 2.24) is 4.98 Å². The quantitative estimate of drug-likeness (QED) is 0.612. The van der Waals surface area contributed by atoms with Gasteiger partial charge in [0, 0.05) is 12.4 Å². The summed E-state index contributed by atoms with van der Waals surface area (Å²) >= 11 is 0. The summed E-state index contributed by atoms with van der Waals surface area (Å²) in [6.07, 6.45) is 14.5. The van der Waals surface area contributed by atoms with Crippen LogP contribution in [0.4, 0.5) is 0 Å². The van der Waals surface area contributed by atoms with Crippen molar-refractivity contribution >= 4 is 0 Å². The topological polar surface area (TPSA) is 33.1 Å². The molecular weight excluding hydrogens is 222 g/mol. The van der Waals surface area contributed by atoms with Crippen LogP contribution in [0.1, 0.15) is 76.4 Å². The van der Waals surface area contributed by atoms with Crippen LogP contribution in [-0.4, -0.2) is 10.1 Å². The predicted octanol–water partition coefficient (Wildman–Crippen LogP) is 4.65. The highest BCUT2D eigenvalue weighted by Crippen LogP contribution is 2.19. The lowest BCUT2D eigenvalue weighted by Gasteiger charge is -2.10. The molecule has 0 fully saturated rings. The van der Waals surface area contributed by atoms with Crippen molar-refractivity contribution in [3.8, 4) is 0 Å². The zero-order valence-corrected chi connectivity index (χ0v) is 11.6. The largest absolute Gasteiger partial charge is 0.388 e. The molecule has 1 aromatic rings. The van der Waals surface area contributed by atoms with Crippen LogP contribution in [0, 0.1) is 0 Å². The molecule has 1 unspecified atom stereocenters. The van der Waals surface area contributed by atoms with E-state index >= 15 is 0 Å². The second-order valence-corrected chi connectivity index (χ2v) is 5.06. The number of rotatable bonds is 10. The second-order valence-electron chi connectivity index (χ2n) is 5.06. The maximum atomic E-state index is 9.97. The van der Waals surface area contributed by atoms with Gasteiger partial charge in [-0.1, -0.05) is 58.3 Å². The average Bonchev–Trinajstić information content (AvgIpc) is 2.42. The van der Waals surface area contributed by atoms with E-state index in [4.69, 9.17) is 0 Å². The Hall–Kier alpha value is -0.890. The Balaban J connectivity index is 1.98. The van der Waals surface area contributed by atoms with E-state index in [1.54, 1.807) is 12.4 Å². The van der Waals surface area contributed by atoms with Gasteiger partial charge in [0.05, 0.1) is 6.10 Å². The van der Waals surface area contributed by atoms with Gasteiger partial charge in [0.1, 0.15) is 0 Å². The molecule has 18 heavy (non-hydrogen) atoms. The highest BCUT2D eigenvalue weighted by Gasteiger charge is 2.05. The summed E-state index contributed by atoms with van der Waals surface area (Å²) in [7, 11) is 0. The fraction of sp³-hybridized carbons (Fsp3) is 0.688. The Labute approximate surface area is 111 Å². The Kier molecular flexibility index (Phi) is 8.49. The van der Waals surface area contributed by atoms with Gasteiger partial charge < -0.3 is 5.11 Å². The van der Waals surface area contributed by atoms with Crippen LogP contribution in [0.5, 0.6) is 0 Å². The molecule has 0 aliphatic carbocycles. The van der Waals surface area contributed by atoms with E-state index in [0.717, 1.165) is 18.4 Å². The van der Waals surface area contributed by atoms with Crippen molar-refractivity contribution in [3.05, 3.63) is 30.1 Å². The molecule has 0 spiro atoms. The highest BCUT2D eigenvalue weighted by molar-refractivity contribution is 5.12. The first-order valence-electron chi connectivity index (χ1n) is 7.42. The van der Waals surface area contributed by atoms with E-state index in [-0.39, 0.29) is 6.10 Å². The summed E-state index contributed by atoms with van der Waals surface area (Å²) in [5.41, 5.74) is 0.993. The lowest BCUT2D eigenvalue weighted by Crippen LogP contribution is -1.97. The van der Waals surface area contributed by atoms with E-state index in [0.29, 0.717) is 0 Å². The lowest BCUT2D eigenvalue weighted by molar-refractivity contribution is 0.163. The van der Waals surface area contributed by atoms with E-state index < -0.39 is 0 Å². The predicted molar refractivity (Wildman–Crippen MR) is 76.4 cm³/mol. The number of aliphatic hydroxyl groups excluding tert-OH is 1. The Bertz CT molecular complexity index is 286. The molecule has 1 heterocycles. The van der Waals surface area contributed by atoms with Crippen LogP contribution in [0.2, 0.25) is 0 Å². The summed E-state index contributed by atoms with van der Waals surface area (Å²) < 4.78 is 0. The Morgan fingerprint density at radius 3 is 2.11 bits per heavy atom. The van der Waals surface area contributed by atoms with Crippen LogP contribution in [0.15, 0.2) is 24.5 Å². The molecule has 1 aromatic heterocycles. The minimum absolute atomic E-state index is 0.312. The van der Waals surface area contributed by atoms with Crippen molar-refractivity contribution in [2.24, 2.45) is 0 Å². The molecule has 0 saturated heterocycles. The number of aromatic nitrogens is 1. The summed E-state index contributed by atoms with van der Waals surface area (Å²) in [6.45, 7) is 2.25. The third kappa shape index (κ3) is 6.75. The normalized spacial score (nSPS) is 12.6. The monoisotopic (exact) mass is 249 g/mol. The van der Waals surface area contributed by atoms with Gasteiger partial charge in [-0.05, 0) is 24.1 Å².